The molecule has 0 amide bonds. The van der Waals surface area contributed by atoms with Crippen molar-refractivity contribution >= 4 is 11.8 Å². The van der Waals surface area contributed by atoms with Gasteiger partial charge < -0.3 is 4.74 Å². The highest BCUT2D eigenvalue weighted by Gasteiger charge is 2.07. The van der Waals surface area contributed by atoms with Gasteiger partial charge in [-0.3, -0.25) is 4.79 Å². The second kappa shape index (κ2) is 6.35. The number of hydrogen-bond donors (Lipinski definition) is 0. The van der Waals surface area contributed by atoms with E-state index in [4.69, 9.17) is 0 Å². The van der Waals surface area contributed by atoms with Crippen molar-refractivity contribution < 1.29 is 14.3 Å². The molecule has 2 rings (SSSR count). The fourth-order valence-electron chi connectivity index (χ4n) is 1.60. The van der Waals surface area contributed by atoms with Crippen LogP contribution in [0, 0.1) is 11.8 Å². The van der Waals surface area contributed by atoms with Crippen LogP contribution < -0.4 is 0 Å². The van der Waals surface area contributed by atoms with Crippen molar-refractivity contribution in [1.82, 2.24) is 0 Å². The van der Waals surface area contributed by atoms with E-state index in [1.54, 1.807) is 24.3 Å². The summed E-state index contributed by atoms with van der Waals surface area (Å²) in [6, 6.07) is 15.5. The summed E-state index contributed by atoms with van der Waals surface area (Å²) in [6.07, 6.45) is 0. The van der Waals surface area contributed by atoms with Crippen LogP contribution in [0.15, 0.2) is 54.6 Å². The van der Waals surface area contributed by atoms with Crippen LogP contribution in [0.25, 0.3) is 0 Å². The van der Waals surface area contributed by atoms with Gasteiger partial charge in [0.2, 0.25) is 5.78 Å². The van der Waals surface area contributed by atoms with Gasteiger partial charge in [0.15, 0.2) is 0 Å². The van der Waals surface area contributed by atoms with E-state index in [0.29, 0.717) is 11.1 Å². The standard InChI is InChI=1S/C17H12O3/c1-20-17(19)15-10-8-14(9-11-15)16(18)12-7-13-5-3-2-4-6-13/h2-6,8-11H,1H3. The van der Waals surface area contributed by atoms with Gasteiger partial charge in [-0.05, 0) is 42.3 Å². The van der Waals surface area contributed by atoms with Crippen molar-refractivity contribution in [2.75, 3.05) is 7.11 Å². The van der Waals surface area contributed by atoms with Gasteiger partial charge in [0.1, 0.15) is 0 Å². The zero-order chi connectivity index (χ0) is 14.4. The highest BCUT2D eigenvalue weighted by atomic mass is 16.5. The van der Waals surface area contributed by atoms with E-state index in [9.17, 15) is 9.59 Å². The third kappa shape index (κ3) is 3.33. The van der Waals surface area contributed by atoms with Crippen molar-refractivity contribution in [2.45, 2.75) is 0 Å². The average molecular weight is 264 g/mol. The third-order valence-electron chi connectivity index (χ3n) is 2.66. The van der Waals surface area contributed by atoms with Gasteiger partial charge in [0, 0.05) is 11.1 Å². The largest absolute Gasteiger partial charge is 0.465 e. The second-order valence-corrected chi connectivity index (χ2v) is 4.01. The number of Topliss-reactive ketones (excluding diaryl/α,β-unsaturated/α-hetero) is 1. The van der Waals surface area contributed by atoms with Gasteiger partial charge in [0.05, 0.1) is 12.7 Å². The topological polar surface area (TPSA) is 43.4 Å². The minimum Gasteiger partial charge on any atom is -0.465 e. The zero-order valence-corrected chi connectivity index (χ0v) is 10.9. The molecule has 0 saturated heterocycles. The molecule has 0 unspecified atom stereocenters. The van der Waals surface area contributed by atoms with Gasteiger partial charge in [-0.25, -0.2) is 4.79 Å². The average Bonchev–Trinajstić information content (AvgIpc) is 2.53. The summed E-state index contributed by atoms with van der Waals surface area (Å²) in [7, 11) is 1.31. The molecule has 0 radical (unpaired) electrons. The van der Waals surface area contributed by atoms with Gasteiger partial charge in [-0.1, -0.05) is 24.1 Å². The molecule has 2 aromatic carbocycles. The van der Waals surface area contributed by atoms with Crippen LogP contribution in [0.2, 0.25) is 0 Å². The molecule has 0 N–H and O–H groups in total. The van der Waals surface area contributed by atoms with Crippen molar-refractivity contribution in [3.8, 4) is 11.8 Å². The first-order valence-electron chi connectivity index (χ1n) is 6.00. The molecule has 0 saturated carbocycles. The van der Waals surface area contributed by atoms with E-state index >= 15 is 0 Å². The van der Waals surface area contributed by atoms with Gasteiger partial charge in [0.25, 0.3) is 0 Å². The molecule has 0 aromatic heterocycles. The lowest BCUT2D eigenvalue weighted by molar-refractivity contribution is 0.0600. The molecule has 0 atom stereocenters. The van der Waals surface area contributed by atoms with Gasteiger partial charge >= 0.3 is 5.97 Å². The summed E-state index contributed by atoms with van der Waals surface area (Å²) in [4.78, 5) is 23.1. The summed E-state index contributed by atoms with van der Waals surface area (Å²) in [6.45, 7) is 0. The van der Waals surface area contributed by atoms with E-state index in [0.717, 1.165) is 5.56 Å². The molecule has 20 heavy (non-hydrogen) atoms. The highest BCUT2D eigenvalue weighted by molar-refractivity contribution is 6.09. The van der Waals surface area contributed by atoms with Crippen LogP contribution in [0.5, 0.6) is 0 Å². The van der Waals surface area contributed by atoms with Crippen molar-refractivity contribution in [1.29, 1.82) is 0 Å². The lowest BCUT2D eigenvalue weighted by Gasteiger charge is -1.99. The summed E-state index contributed by atoms with van der Waals surface area (Å²) < 4.78 is 4.59. The van der Waals surface area contributed by atoms with Crippen LogP contribution in [0.3, 0.4) is 0 Å². The molecule has 0 aliphatic carbocycles. The Kier molecular flexibility index (Phi) is 4.31. The molecule has 3 heteroatoms. The first-order chi connectivity index (χ1) is 9.70. The van der Waals surface area contributed by atoms with Crippen molar-refractivity contribution in [3.63, 3.8) is 0 Å². The Morgan fingerprint density at radius 2 is 1.50 bits per heavy atom. The maximum absolute atomic E-state index is 11.9. The molecular weight excluding hydrogens is 252 g/mol. The Hall–Kier alpha value is -2.86. The number of hydrogen-bond acceptors (Lipinski definition) is 3. The molecule has 0 bridgehead atoms. The number of benzene rings is 2. The maximum atomic E-state index is 11.9. The molecular formula is C17H12O3. The predicted octanol–water partition coefficient (Wildman–Crippen LogP) is 2.71. The summed E-state index contributed by atoms with van der Waals surface area (Å²) in [5.41, 5.74) is 1.63. The third-order valence-corrected chi connectivity index (χ3v) is 2.66. The molecule has 0 aliphatic rings. The molecule has 0 spiro atoms. The van der Waals surface area contributed by atoms with Crippen molar-refractivity contribution in [3.05, 3.63) is 71.3 Å². The second-order valence-electron chi connectivity index (χ2n) is 4.01. The molecule has 0 aliphatic heterocycles. The Bertz CT molecular complexity index is 674. The minimum atomic E-state index is -0.431. The Morgan fingerprint density at radius 3 is 2.10 bits per heavy atom. The number of ketones is 1. The van der Waals surface area contributed by atoms with E-state index in [2.05, 4.69) is 16.6 Å². The Labute approximate surface area is 117 Å². The fourth-order valence-corrected chi connectivity index (χ4v) is 1.60. The highest BCUT2D eigenvalue weighted by Crippen LogP contribution is 2.06. The Balaban J connectivity index is 2.14. The van der Waals surface area contributed by atoms with Gasteiger partial charge in [-0.15, -0.1) is 0 Å². The first-order valence-corrected chi connectivity index (χ1v) is 6.00. The number of carbonyl (C=O) groups excluding carboxylic acids is 2. The minimum absolute atomic E-state index is 0.287. The summed E-state index contributed by atoms with van der Waals surface area (Å²) in [5, 5.41) is 0. The molecule has 98 valence electrons. The van der Waals surface area contributed by atoms with Crippen LogP contribution in [-0.2, 0) is 4.74 Å². The number of ether oxygens (including phenoxy) is 1. The fraction of sp³-hybridized carbons (Fsp3) is 0.0588. The summed E-state index contributed by atoms with van der Waals surface area (Å²) in [5.74, 6) is 4.66. The Morgan fingerprint density at radius 1 is 0.900 bits per heavy atom. The van der Waals surface area contributed by atoms with E-state index < -0.39 is 5.97 Å². The molecule has 3 nitrogen and oxygen atoms in total. The normalized spacial score (nSPS) is 9.25. The molecule has 0 heterocycles. The number of rotatable bonds is 2. The molecule has 2 aromatic rings. The van der Waals surface area contributed by atoms with Crippen LogP contribution in [0.4, 0.5) is 0 Å². The quantitative estimate of drug-likeness (QED) is 0.476. The number of carbonyl (C=O) groups is 2. The maximum Gasteiger partial charge on any atom is 0.337 e. The summed E-state index contributed by atoms with van der Waals surface area (Å²) >= 11 is 0. The van der Waals surface area contributed by atoms with Crippen LogP contribution in [-0.4, -0.2) is 18.9 Å². The lowest BCUT2D eigenvalue weighted by atomic mass is 10.1. The monoisotopic (exact) mass is 264 g/mol. The zero-order valence-electron chi connectivity index (χ0n) is 10.9. The number of methoxy groups -OCH3 is 1. The first kappa shape index (κ1) is 13.6. The number of esters is 1. The van der Waals surface area contributed by atoms with E-state index in [-0.39, 0.29) is 5.78 Å². The van der Waals surface area contributed by atoms with Crippen molar-refractivity contribution in [2.24, 2.45) is 0 Å². The SMILES string of the molecule is COC(=O)c1ccc(C(=O)C#Cc2ccccc2)cc1. The van der Waals surface area contributed by atoms with E-state index in [1.165, 1.54) is 7.11 Å². The lowest BCUT2D eigenvalue weighted by Crippen LogP contribution is -2.02. The predicted molar refractivity (Wildman–Crippen MR) is 75.4 cm³/mol. The van der Waals surface area contributed by atoms with Gasteiger partial charge in [-0.2, -0.15) is 0 Å². The van der Waals surface area contributed by atoms with Crippen LogP contribution >= 0.6 is 0 Å². The molecule has 0 fully saturated rings. The van der Waals surface area contributed by atoms with Crippen LogP contribution in [0.1, 0.15) is 26.3 Å². The smallest absolute Gasteiger partial charge is 0.337 e. The van der Waals surface area contributed by atoms with E-state index in [1.807, 2.05) is 30.3 Å².